The van der Waals surface area contributed by atoms with E-state index < -0.39 is 0 Å². The van der Waals surface area contributed by atoms with Gasteiger partial charge in [0.2, 0.25) is 0 Å². The van der Waals surface area contributed by atoms with E-state index in [4.69, 9.17) is 4.42 Å². The van der Waals surface area contributed by atoms with Crippen LogP contribution in [0.15, 0.2) is 205 Å². The third-order valence-electron chi connectivity index (χ3n) is 10.1. The van der Waals surface area contributed by atoms with Crippen molar-refractivity contribution in [3.63, 3.8) is 0 Å². The van der Waals surface area contributed by atoms with Crippen molar-refractivity contribution in [1.82, 2.24) is 0 Å². The molecule has 0 N–H and O–H groups in total. The SMILES string of the molecule is C(=C\c1ccc(-c2ccc(N(c3ccc(/C=C/c4ccccc4)cc3)c3ccc(/C=C/c4cccc5c4oc4ccccc45)cc3)cc2)cc1)/c1ccccc1. The summed E-state index contributed by atoms with van der Waals surface area (Å²) in [7, 11) is 0. The normalized spacial score (nSPS) is 11.7. The van der Waals surface area contributed by atoms with Crippen LogP contribution in [0.3, 0.4) is 0 Å². The Morgan fingerprint density at radius 3 is 1.23 bits per heavy atom. The number of hydrogen-bond acceptors (Lipinski definition) is 2. The molecule has 0 radical (unpaired) electrons. The number of benzene rings is 8. The van der Waals surface area contributed by atoms with E-state index in [-0.39, 0.29) is 0 Å². The van der Waals surface area contributed by atoms with Gasteiger partial charge in [-0.15, -0.1) is 0 Å². The van der Waals surface area contributed by atoms with Gasteiger partial charge in [0.05, 0.1) is 0 Å². The number of para-hydroxylation sites is 2. The number of hydrogen-bond donors (Lipinski definition) is 0. The molecule has 0 saturated heterocycles. The summed E-state index contributed by atoms with van der Waals surface area (Å²) in [5, 5.41) is 2.27. The molecule has 9 aromatic rings. The first-order chi connectivity index (χ1) is 27.7. The molecule has 0 unspecified atom stereocenters. The predicted molar refractivity (Wildman–Crippen MR) is 240 cm³/mol. The van der Waals surface area contributed by atoms with E-state index in [9.17, 15) is 0 Å². The van der Waals surface area contributed by atoms with E-state index in [0.29, 0.717) is 0 Å². The van der Waals surface area contributed by atoms with E-state index in [1.807, 2.05) is 24.3 Å². The molecule has 0 saturated carbocycles. The fourth-order valence-electron chi connectivity index (χ4n) is 7.11. The van der Waals surface area contributed by atoms with Crippen LogP contribution < -0.4 is 4.90 Å². The van der Waals surface area contributed by atoms with Crippen LogP contribution in [0.2, 0.25) is 0 Å². The molecule has 0 fully saturated rings. The lowest BCUT2D eigenvalue weighted by Crippen LogP contribution is -2.09. The summed E-state index contributed by atoms with van der Waals surface area (Å²) in [5.74, 6) is 0. The first kappa shape index (κ1) is 34.4. The second-order valence-corrected chi connectivity index (χ2v) is 13.8. The van der Waals surface area contributed by atoms with Crippen LogP contribution in [0.4, 0.5) is 17.1 Å². The second-order valence-electron chi connectivity index (χ2n) is 13.8. The standard InChI is InChI=1S/C54H39NO/c1-3-10-40(11-4-1)18-20-42-22-29-45(30-23-42)46-32-38-50(39-33-46)55(48-34-25-43(26-35-48)21-19-41-12-5-2-6-13-41)49-36-27-44(28-37-49)24-31-47-14-9-16-52-51-15-7-8-17-53(51)56-54(47)52/h1-39H/b20-18+,21-19+,31-24+. The fourth-order valence-corrected chi connectivity index (χ4v) is 7.11. The summed E-state index contributed by atoms with van der Waals surface area (Å²) in [6, 6.07) is 70.4. The average molecular weight is 718 g/mol. The summed E-state index contributed by atoms with van der Waals surface area (Å²) in [6.45, 7) is 0. The van der Waals surface area contributed by atoms with Crippen molar-refractivity contribution in [2.75, 3.05) is 4.90 Å². The number of fused-ring (bicyclic) bond motifs is 3. The van der Waals surface area contributed by atoms with Crippen molar-refractivity contribution in [1.29, 1.82) is 0 Å². The maximum absolute atomic E-state index is 6.27. The van der Waals surface area contributed by atoms with Crippen molar-refractivity contribution >= 4 is 75.5 Å². The first-order valence-electron chi connectivity index (χ1n) is 19.0. The molecule has 56 heavy (non-hydrogen) atoms. The van der Waals surface area contributed by atoms with Gasteiger partial charge in [-0.1, -0.05) is 194 Å². The molecular formula is C54H39NO. The van der Waals surface area contributed by atoms with Gasteiger partial charge in [0, 0.05) is 33.4 Å². The molecular weight excluding hydrogens is 679 g/mol. The Kier molecular flexibility index (Phi) is 9.75. The molecule has 9 rings (SSSR count). The summed E-state index contributed by atoms with van der Waals surface area (Å²) in [5.41, 5.74) is 14.3. The minimum absolute atomic E-state index is 0.908. The van der Waals surface area contributed by atoms with Crippen molar-refractivity contribution in [2.45, 2.75) is 0 Å². The number of anilines is 3. The smallest absolute Gasteiger partial charge is 0.142 e. The van der Waals surface area contributed by atoms with Crippen molar-refractivity contribution in [2.24, 2.45) is 0 Å². The highest BCUT2D eigenvalue weighted by atomic mass is 16.3. The zero-order valence-corrected chi connectivity index (χ0v) is 30.9. The number of nitrogens with zero attached hydrogens (tertiary/aromatic N) is 1. The van der Waals surface area contributed by atoms with Crippen LogP contribution >= 0.6 is 0 Å². The largest absolute Gasteiger partial charge is 0.455 e. The van der Waals surface area contributed by atoms with Crippen LogP contribution in [-0.4, -0.2) is 0 Å². The molecule has 0 aliphatic rings. The Bertz CT molecular complexity index is 2790. The third-order valence-corrected chi connectivity index (χ3v) is 10.1. The number of rotatable bonds is 10. The molecule has 1 heterocycles. The van der Waals surface area contributed by atoms with E-state index in [1.54, 1.807) is 0 Å². The highest BCUT2D eigenvalue weighted by Crippen LogP contribution is 2.37. The Balaban J connectivity index is 0.992. The molecule has 0 amide bonds. The molecule has 266 valence electrons. The van der Waals surface area contributed by atoms with Crippen LogP contribution in [0.5, 0.6) is 0 Å². The molecule has 1 aromatic heterocycles. The van der Waals surface area contributed by atoms with Gasteiger partial charge in [-0.3, -0.25) is 0 Å². The van der Waals surface area contributed by atoms with Gasteiger partial charge < -0.3 is 9.32 Å². The zero-order chi connectivity index (χ0) is 37.5. The topological polar surface area (TPSA) is 16.4 Å². The van der Waals surface area contributed by atoms with Crippen molar-refractivity contribution < 1.29 is 4.42 Å². The summed E-state index contributed by atoms with van der Waals surface area (Å²) in [4.78, 5) is 2.31. The molecule has 8 aromatic carbocycles. The molecule has 0 spiro atoms. The van der Waals surface area contributed by atoms with Gasteiger partial charge in [-0.25, -0.2) is 0 Å². The van der Waals surface area contributed by atoms with E-state index in [0.717, 1.165) is 55.7 Å². The van der Waals surface area contributed by atoms with Gasteiger partial charge >= 0.3 is 0 Å². The minimum atomic E-state index is 0.908. The lowest BCUT2D eigenvalue weighted by atomic mass is 10.0. The van der Waals surface area contributed by atoms with Gasteiger partial charge in [-0.05, 0) is 81.4 Å². The maximum Gasteiger partial charge on any atom is 0.142 e. The molecule has 0 aliphatic heterocycles. The van der Waals surface area contributed by atoms with Gasteiger partial charge in [-0.2, -0.15) is 0 Å². The maximum atomic E-state index is 6.27. The molecule has 2 nitrogen and oxygen atoms in total. The molecule has 0 bridgehead atoms. The summed E-state index contributed by atoms with van der Waals surface area (Å²) >= 11 is 0. The zero-order valence-electron chi connectivity index (χ0n) is 30.9. The van der Waals surface area contributed by atoms with Crippen LogP contribution in [0, 0.1) is 0 Å². The Morgan fingerprint density at radius 1 is 0.304 bits per heavy atom. The lowest BCUT2D eigenvalue weighted by Gasteiger charge is -2.26. The van der Waals surface area contributed by atoms with Crippen molar-refractivity contribution in [3.8, 4) is 11.1 Å². The fraction of sp³-hybridized carbons (Fsp3) is 0. The van der Waals surface area contributed by atoms with Crippen LogP contribution in [-0.2, 0) is 0 Å². The van der Waals surface area contributed by atoms with Crippen LogP contribution in [0.25, 0.3) is 69.5 Å². The Morgan fingerprint density at radius 2 is 0.696 bits per heavy atom. The molecule has 0 aliphatic carbocycles. The van der Waals surface area contributed by atoms with E-state index in [2.05, 4.69) is 217 Å². The van der Waals surface area contributed by atoms with Gasteiger partial charge in [0.25, 0.3) is 0 Å². The second kappa shape index (κ2) is 15.9. The van der Waals surface area contributed by atoms with E-state index >= 15 is 0 Å². The monoisotopic (exact) mass is 717 g/mol. The number of furan rings is 1. The lowest BCUT2D eigenvalue weighted by molar-refractivity contribution is 0.668. The van der Waals surface area contributed by atoms with E-state index in [1.165, 1.54) is 27.8 Å². The highest BCUT2D eigenvalue weighted by Gasteiger charge is 2.13. The van der Waals surface area contributed by atoms with Crippen molar-refractivity contribution in [3.05, 3.63) is 234 Å². The Hall–Kier alpha value is -7.42. The van der Waals surface area contributed by atoms with Gasteiger partial charge in [0.1, 0.15) is 11.2 Å². The highest BCUT2D eigenvalue weighted by molar-refractivity contribution is 6.07. The quantitative estimate of drug-likeness (QED) is 0.131. The van der Waals surface area contributed by atoms with Crippen LogP contribution in [0.1, 0.15) is 33.4 Å². The minimum Gasteiger partial charge on any atom is -0.455 e. The molecule has 2 heteroatoms. The predicted octanol–water partition coefficient (Wildman–Crippen LogP) is 15.2. The van der Waals surface area contributed by atoms with Gasteiger partial charge in [0.15, 0.2) is 0 Å². The summed E-state index contributed by atoms with van der Waals surface area (Å²) in [6.07, 6.45) is 12.9. The third kappa shape index (κ3) is 7.64. The first-order valence-corrected chi connectivity index (χ1v) is 19.0. The average Bonchev–Trinajstić information content (AvgIpc) is 3.66. The molecule has 0 atom stereocenters. The summed E-state index contributed by atoms with van der Waals surface area (Å²) < 4.78 is 6.27. The Labute approximate surface area is 328 Å².